The number of hydrogen-bond donors (Lipinski definition) is 1. The maximum Gasteiger partial charge on any atom is 0.244 e. The van der Waals surface area contributed by atoms with Crippen molar-refractivity contribution in [3.63, 3.8) is 0 Å². The summed E-state index contributed by atoms with van der Waals surface area (Å²) >= 11 is 0. The van der Waals surface area contributed by atoms with Crippen molar-refractivity contribution in [1.82, 2.24) is 9.29 Å². The Labute approximate surface area is 109 Å². The highest BCUT2D eigenvalue weighted by Crippen LogP contribution is 2.21. The van der Waals surface area contributed by atoms with Crippen LogP contribution in [0.3, 0.4) is 0 Å². The fourth-order valence-electron chi connectivity index (χ4n) is 1.56. The predicted molar refractivity (Wildman–Crippen MR) is 71.5 cm³/mol. The Morgan fingerprint density at radius 1 is 1.44 bits per heavy atom. The molecule has 5 nitrogen and oxygen atoms in total. The highest BCUT2D eigenvalue weighted by atomic mass is 32.2. The van der Waals surface area contributed by atoms with Crippen LogP contribution in [-0.2, 0) is 10.0 Å². The minimum Gasteiger partial charge on any atom is -0.330 e. The first kappa shape index (κ1) is 15.1. The van der Waals surface area contributed by atoms with E-state index in [1.165, 1.54) is 10.5 Å². The zero-order valence-electron chi connectivity index (χ0n) is 11.1. The fourth-order valence-corrected chi connectivity index (χ4v) is 3.16. The molecular weight excluding hydrogens is 250 g/mol. The molecule has 0 saturated heterocycles. The van der Waals surface area contributed by atoms with Gasteiger partial charge in [0, 0.05) is 25.5 Å². The third kappa shape index (κ3) is 3.51. The lowest BCUT2D eigenvalue weighted by atomic mass is 9.94. The van der Waals surface area contributed by atoms with Crippen molar-refractivity contribution in [2.75, 3.05) is 19.6 Å². The van der Waals surface area contributed by atoms with Crippen LogP contribution in [0.4, 0.5) is 0 Å². The molecule has 0 spiro atoms. The molecule has 0 aliphatic rings. The van der Waals surface area contributed by atoms with Gasteiger partial charge in [0.15, 0.2) is 0 Å². The van der Waals surface area contributed by atoms with Gasteiger partial charge < -0.3 is 5.73 Å². The van der Waals surface area contributed by atoms with Crippen LogP contribution >= 0.6 is 0 Å². The van der Waals surface area contributed by atoms with E-state index in [9.17, 15) is 8.42 Å². The Hall–Kier alpha value is -0.980. The number of aromatic nitrogens is 1. The van der Waals surface area contributed by atoms with Gasteiger partial charge in [0.2, 0.25) is 10.0 Å². The SMILES string of the molecule is CCN(CC(C)(C)CN)S(=O)(=O)c1cccnc1. The Morgan fingerprint density at radius 3 is 2.56 bits per heavy atom. The average Bonchev–Trinajstić information content (AvgIpc) is 2.37. The molecule has 0 unspecified atom stereocenters. The Bertz CT molecular complexity index is 471. The van der Waals surface area contributed by atoms with Crippen molar-refractivity contribution < 1.29 is 8.42 Å². The summed E-state index contributed by atoms with van der Waals surface area (Å²) in [5.41, 5.74) is 5.41. The molecule has 1 aromatic heterocycles. The van der Waals surface area contributed by atoms with Gasteiger partial charge in [-0.15, -0.1) is 0 Å². The normalized spacial score (nSPS) is 12.9. The summed E-state index contributed by atoms with van der Waals surface area (Å²) < 4.78 is 26.2. The van der Waals surface area contributed by atoms with Crippen LogP contribution in [0.15, 0.2) is 29.4 Å². The molecule has 0 aliphatic carbocycles. The third-order valence-corrected chi connectivity index (χ3v) is 4.69. The minimum absolute atomic E-state index is 0.222. The zero-order valence-corrected chi connectivity index (χ0v) is 11.9. The summed E-state index contributed by atoms with van der Waals surface area (Å²) in [5, 5.41) is 0. The van der Waals surface area contributed by atoms with Gasteiger partial charge in [-0.2, -0.15) is 4.31 Å². The highest BCUT2D eigenvalue weighted by Gasteiger charge is 2.28. The molecule has 0 bridgehead atoms. The van der Waals surface area contributed by atoms with Gasteiger partial charge in [-0.25, -0.2) is 8.42 Å². The maximum absolute atomic E-state index is 12.4. The van der Waals surface area contributed by atoms with Gasteiger partial charge >= 0.3 is 0 Å². The number of pyridine rings is 1. The monoisotopic (exact) mass is 271 g/mol. The second-order valence-corrected chi connectivity index (χ2v) is 6.93. The lowest BCUT2D eigenvalue weighted by Crippen LogP contribution is -2.41. The van der Waals surface area contributed by atoms with Crippen LogP contribution < -0.4 is 5.73 Å². The molecule has 0 aromatic carbocycles. The van der Waals surface area contributed by atoms with Crippen molar-refractivity contribution in [2.45, 2.75) is 25.7 Å². The van der Waals surface area contributed by atoms with Gasteiger partial charge in [0.25, 0.3) is 0 Å². The molecule has 0 saturated carbocycles. The van der Waals surface area contributed by atoms with E-state index >= 15 is 0 Å². The fraction of sp³-hybridized carbons (Fsp3) is 0.583. The lowest BCUT2D eigenvalue weighted by molar-refractivity contribution is 0.273. The smallest absolute Gasteiger partial charge is 0.244 e. The predicted octanol–water partition coefficient (Wildman–Crippen LogP) is 1.08. The van der Waals surface area contributed by atoms with E-state index in [2.05, 4.69) is 4.98 Å². The zero-order chi connectivity index (χ0) is 13.8. The van der Waals surface area contributed by atoms with Gasteiger partial charge in [0.1, 0.15) is 4.90 Å². The quantitative estimate of drug-likeness (QED) is 0.840. The standard InChI is InChI=1S/C12H21N3O2S/c1-4-15(10-12(2,3)9-13)18(16,17)11-6-5-7-14-8-11/h5-8H,4,9-10,13H2,1-3H3. The molecule has 0 amide bonds. The summed E-state index contributed by atoms with van der Waals surface area (Å²) in [6, 6.07) is 3.18. The summed E-state index contributed by atoms with van der Waals surface area (Å²) in [6.45, 7) is 6.98. The molecular formula is C12H21N3O2S. The van der Waals surface area contributed by atoms with Crippen LogP contribution in [0, 0.1) is 5.41 Å². The van der Waals surface area contributed by atoms with Crippen molar-refractivity contribution in [3.05, 3.63) is 24.5 Å². The summed E-state index contributed by atoms with van der Waals surface area (Å²) in [6.07, 6.45) is 2.92. The van der Waals surface area contributed by atoms with Gasteiger partial charge in [-0.05, 0) is 24.1 Å². The van der Waals surface area contributed by atoms with Gasteiger partial charge in [0.05, 0.1) is 0 Å². The third-order valence-electron chi connectivity index (χ3n) is 2.78. The molecule has 1 aromatic rings. The molecule has 1 rings (SSSR count). The first-order chi connectivity index (χ1) is 8.33. The van der Waals surface area contributed by atoms with Crippen molar-refractivity contribution in [1.29, 1.82) is 0 Å². The topological polar surface area (TPSA) is 76.3 Å². The van der Waals surface area contributed by atoms with Crippen LogP contribution in [0.2, 0.25) is 0 Å². The minimum atomic E-state index is -3.48. The van der Waals surface area contributed by atoms with Crippen LogP contribution in [0.5, 0.6) is 0 Å². The van der Waals surface area contributed by atoms with Gasteiger partial charge in [-0.1, -0.05) is 20.8 Å². The summed E-state index contributed by atoms with van der Waals surface area (Å²) in [7, 11) is -3.48. The summed E-state index contributed by atoms with van der Waals surface area (Å²) in [5.74, 6) is 0. The first-order valence-electron chi connectivity index (χ1n) is 5.94. The average molecular weight is 271 g/mol. The molecule has 0 fully saturated rings. The Morgan fingerprint density at radius 2 is 2.11 bits per heavy atom. The van der Waals surface area contributed by atoms with E-state index in [4.69, 9.17) is 5.73 Å². The molecule has 2 N–H and O–H groups in total. The second-order valence-electron chi connectivity index (χ2n) is 4.99. The van der Waals surface area contributed by atoms with Crippen LogP contribution in [0.1, 0.15) is 20.8 Å². The van der Waals surface area contributed by atoms with Crippen molar-refractivity contribution >= 4 is 10.0 Å². The number of hydrogen-bond acceptors (Lipinski definition) is 4. The van der Waals surface area contributed by atoms with Crippen molar-refractivity contribution in [2.24, 2.45) is 11.1 Å². The number of nitrogens with two attached hydrogens (primary N) is 1. The first-order valence-corrected chi connectivity index (χ1v) is 7.38. The molecule has 0 aliphatic heterocycles. The van der Waals surface area contributed by atoms with E-state index in [1.807, 2.05) is 20.8 Å². The lowest BCUT2D eigenvalue weighted by Gasteiger charge is -2.30. The van der Waals surface area contributed by atoms with E-state index in [0.717, 1.165) is 0 Å². The summed E-state index contributed by atoms with van der Waals surface area (Å²) in [4.78, 5) is 4.08. The van der Waals surface area contributed by atoms with E-state index in [-0.39, 0.29) is 10.3 Å². The molecule has 18 heavy (non-hydrogen) atoms. The van der Waals surface area contributed by atoms with Crippen molar-refractivity contribution in [3.8, 4) is 0 Å². The maximum atomic E-state index is 12.4. The Kier molecular flexibility index (Phi) is 4.84. The molecule has 0 radical (unpaired) electrons. The molecule has 6 heteroatoms. The molecule has 0 atom stereocenters. The second kappa shape index (κ2) is 5.77. The molecule has 102 valence electrons. The van der Waals surface area contributed by atoms with Crippen LogP contribution in [0.25, 0.3) is 0 Å². The van der Waals surface area contributed by atoms with Crippen LogP contribution in [-0.4, -0.2) is 37.3 Å². The van der Waals surface area contributed by atoms with E-state index in [1.54, 1.807) is 18.3 Å². The highest BCUT2D eigenvalue weighted by molar-refractivity contribution is 7.89. The Balaban J connectivity index is 3.02. The van der Waals surface area contributed by atoms with E-state index < -0.39 is 10.0 Å². The number of nitrogens with zero attached hydrogens (tertiary/aromatic N) is 2. The number of sulfonamides is 1. The van der Waals surface area contributed by atoms with Gasteiger partial charge in [-0.3, -0.25) is 4.98 Å². The largest absolute Gasteiger partial charge is 0.330 e. The van der Waals surface area contributed by atoms with E-state index in [0.29, 0.717) is 19.6 Å². The molecule has 1 heterocycles. The number of rotatable bonds is 6.